The lowest BCUT2D eigenvalue weighted by Crippen LogP contribution is -2.26. The molecule has 2 heteroatoms. The summed E-state index contributed by atoms with van der Waals surface area (Å²) in [5, 5.41) is 3.42. The average molecular weight is 205 g/mol. The number of hydrogen-bond acceptors (Lipinski definition) is 2. The molecule has 2 atom stereocenters. The smallest absolute Gasteiger partial charge is 0.0513 e. The predicted octanol–water partition coefficient (Wildman–Crippen LogP) is 2.29. The maximum atomic E-state index is 5.46. The highest BCUT2D eigenvalue weighted by Gasteiger charge is 2.26. The van der Waals surface area contributed by atoms with E-state index in [1.54, 1.807) is 0 Å². The summed E-state index contributed by atoms with van der Waals surface area (Å²) in [6.07, 6.45) is 1.17. The zero-order valence-electron chi connectivity index (χ0n) is 9.49. The average Bonchev–Trinajstić information content (AvgIpc) is 2.75. The largest absolute Gasteiger partial charge is 0.381 e. The predicted molar refractivity (Wildman–Crippen MR) is 61.9 cm³/mol. The van der Waals surface area contributed by atoms with Crippen LogP contribution in [0, 0.1) is 12.8 Å². The molecule has 0 spiro atoms. The molecule has 82 valence electrons. The van der Waals surface area contributed by atoms with Crippen LogP contribution in [-0.4, -0.2) is 20.3 Å². The van der Waals surface area contributed by atoms with Gasteiger partial charge in [0.25, 0.3) is 0 Å². The Morgan fingerprint density at radius 1 is 1.40 bits per heavy atom. The molecule has 1 saturated heterocycles. The quantitative estimate of drug-likeness (QED) is 0.817. The van der Waals surface area contributed by atoms with Crippen LogP contribution in [-0.2, 0) is 4.74 Å². The Kier molecular flexibility index (Phi) is 3.39. The van der Waals surface area contributed by atoms with Gasteiger partial charge in [-0.1, -0.05) is 24.3 Å². The third kappa shape index (κ3) is 2.21. The first kappa shape index (κ1) is 10.7. The molecule has 0 saturated carbocycles. The fourth-order valence-corrected chi connectivity index (χ4v) is 2.40. The van der Waals surface area contributed by atoms with Gasteiger partial charge in [0.2, 0.25) is 0 Å². The van der Waals surface area contributed by atoms with E-state index in [1.165, 1.54) is 17.5 Å². The van der Waals surface area contributed by atoms with Gasteiger partial charge < -0.3 is 10.1 Å². The van der Waals surface area contributed by atoms with E-state index in [9.17, 15) is 0 Å². The first-order valence-corrected chi connectivity index (χ1v) is 5.63. The second-order valence-corrected chi connectivity index (χ2v) is 4.25. The van der Waals surface area contributed by atoms with Gasteiger partial charge in [0.05, 0.1) is 6.61 Å². The van der Waals surface area contributed by atoms with E-state index in [2.05, 4.69) is 36.5 Å². The molecule has 1 aromatic rings. The van der Waals surface area contributed by atoms with Gasteiger partial charge in [-0.15, -0.1) is 0 Å². The summed E-state index contributed by atoms with van der Waals surface area (Å²) in [6.45, 7) is 3.98. The van der Waals surface area contributed by atoms with Crippen molar-refractivity contribution in [2.75, 3.05) is 20.3 Å². The molecule has 0 aromatic heterocycles. The third-order valence-electron chi connectivity index (χ3n) is 3.27. The van der Waals surface area contributed by atoms with Gasteiger partial charge in [0.1, 0.15) is 0 Å². The van der Waals surface area contributed by atoms with Crippen LogP contribution in [0.5, 0.6) is 0 Å². The van der Waals surface area contributed by atoms with Crippen molar-refractivity contribution in [1.29, 1.82) is 0 Å². The van der Waals surface area contributed by atoms with Crippen molar-refractivity contribution in [2.45, 2.75) is 19.4 Å². The molecule has 15 heavy (non-hydrogen) atoms. The summed E-state index contributed by atoms with van der Waals surface area (Å²) < 4.78 is 5.46. The van der Waals surface area contributed by atoms with Gasteiger partial charge in [-0.2, -0.15) is 0 Å². The summed E-state index contributed by atoms with van der Waals surface area (Å²) in [5.41, 5.74) is 2.78. The molecule has 1 aliphatic heterocycles. The number of aryl methyl sites for hydroxylation is 1. The highest BCUT2D eigenvalue weighted by Crippen LogP contribution is 2.29. The van der Waals surface area contributed by atoms with Gasteiger partial charge in [0, 0.05) is 18.6 Å². The van der Waals surface area contributed by atoms with E-state index in [0.717, 1.165) is 13.2 Å². The van der Waals surface area contributed by atoms with Crippen LogP contribution in [0.4, 0.5) is 0 Å². The van der Waals surface area contributed by atoms with Crippen molar-refractivity contribution < 1.29 is 4.74 Å². The molecule has 2 unspecified atom stereocenters. The molecule has 0 aliphatic carbocycles. The van der Waals surface area contributed by atoms with Crippen LogP contribution in [0.15, 0.2) is 24.3 Å². The van der Waals surface area contributed by atoms with Crippen molar-refractivity contribution in [2.24, 2.45) is 5.92 Å². The topological polar surface area (TPSA) is 21.3 Å². The van der Waals surface area contributed by atoms with Gasteiger partial charge in [-0.05, 0) is 31.5 Å². The lowest BCUT2D eigenvalue weighted by atomic mass is 9.90. The minimum absolute atomic E-state index is 0.439. The van der Waals surface area contributed by atoms with Gasteiger partial charge in [-0.25, -0.2) is 0 Å². The molecule has 0 bridgehead atoms. The van der Waals surface area contributed by atoms with Crippen molar-refractivity contribution in [1.82, 2.24) is 5.32 Å². The highest BCUT2D eigenvalue weighted by atomic mass is 16.5. The Morgan fingerprint density at radius 3 is 2.80 bits per heavy atom. The minimum Gasteiger partial charge on any atom is -0.381 e. The molecule has 0 radical (unpaired) electrons. The Labute approximate surface area is 91.6 Å². The van der Waals surface area contributed by atoms with Crippen molar-refractivity contribution in [3.63, 3.8) is 0 Å². The zero-order chi connectivity index (χ0) is 10.7. The second-order valence-electron chi connectivity index (χ2n) is 4.25. The van der Waals surface area contributed by atoms with Crippen LogP contribution < -0.4 is 5.32 Å². The summed E-state index contributed by atoms with van der Waals surface area (Å²) >= 11 is 0. The van der Waals surface area contributed by atoms with Crippen molar-refractivity contribution >= 4 is 0 Å². The van der Waals surface area contributed by atoms with Crippen LogP contribution in [0.25, 0.3) is 0 Å². The molecular formula is C13H19NO. The maximum absolute atomic E-state index is 5.46. The Hall–Kier alpha value is -0.860. The van der Waals surface area contributed by atoms with E-state index in [0.29, 0.717) is 12.0 Å². The summed E-state index contributed by atoms with van der Waals surface area (Å²) in [7, 11) is 2.04. The fraction of sp³-hybridized carbons (Fsp3) is 0.538. The maximum Gasteiger partial charge on any atom is 0.0513 e. The van der Waals surface area contributed by atoms with E-state index >= 15 is 0 Å². The minimum atomic E-state index is 0.439. The molecule has 1 heterocycles. The Bertz CT molecular complexity index is 318. The van der Waals surface area contributed by atoms with Gasteiger partial charge in [0.15, 0.2) is 0 Å². The molecule has 1 aliphatic rings. The highest BCUT2D eigenvalue weighted by molar-refractivity contribution is 5.29. The Balaban J connectivity index is 2.22. The fourth-order valence-electron chi connectivity index (χ4n) is 2.40. The van der Waals surface area contributed by atoms with Crippen LogP contribution in [0.3, 0.4) is 0 Å². The normalized spacial score (nSPS) is 22.9. The number of ether oxygens (including phenoxy) is 1. The molecule has 1 fully saturated rings. The summed E-state index contributed by atoms with van der Waals surface area (Å²) in [5.74, 6) is 0.621. The number of nitrogens with one attached hydrogen (secondary N) is 1. The molecule has 0 amide bonds. The van der Waals surface area contributed by atoms with E-state index < -0.39 is 0 Å². The first-order chi connectivity index (χ1) is 7.33. The van der Waals surface area contributed by atoms with Crippen LogP contribution in [0.2, 0.25) is 0 Å². The number of hydrogen-bond donors (Lipinski definition) is 1. The molecule has 2 nitrogen and oxygen atoms in total. The molecule has 1 N–H and O–H groups in total. The molecule has 2 rings (SSSR count). The standard InChI is InChI=1S/C13H19NO/c1-10-5-3-4-6-12(10)13(14-2)11-7-8-15-9-11/h3-6,11,13-14H,7-9H2,1-2H3. The van der Waals surface area contributed by atoms with E-state index in [-0.39, 0.29) is 0 Å². The molecule has 1 aromatic carbocycles. The van der Waals surface area contributed by atoms with E-state index in [1.807, 2.05) is 7.05 Å². The second kappa shape index (κ2) is 4.77. The Morgan fingerprint density at radius 2 is 2.20 bits per heavy atom. The lowest BCUT2D eigenvalue weighted by Gasteiger charge is -2.23. The molecular weight excluding hydrogens is 186 g/mol. The summed E-state index contributed by atoms with van der Waals surface area (Å²) in [4.78, 5) is 0. The zero-order valence-corrected chi connectivity index (χ0v) is 9.49. The van der Waals surface area contributed by atoms with Crippen LogP contribution >= 0.6 is 0 Å². The monoisotopic (exact) mass is 205 g/mol. The van der Waals surface area contributed by atoms with Gasteiger partial charge >= 0.3 is 0 Å². The summed E-state index contributed by atoms with van der Waals surface area (Å²) in [6, 6.07) is 9.04. The number of benzene rings is 1. The third-order valence-corrected chi connectivity index (χ3v) is 3.27. The van der Waals surface area contributed by atoms with Crippen molar-refractivity contribution in [3.8, 4) is 0 Å². The van der Waals surface area contributed by atoms with E-state index in [4.69, 9.17) is 4.74 Å². The lowest BCUT2D eigenvalue weighted by molar-refractivity contribution is 0.177. The first-order valence-electron chi connectivity index (χ1n) is 5.63. The van der Waals surface area contributed by atoms with Gasteiger partial charge in [-0.3, -0.25) is 0 Å². The SMILES string of the molecule is CNC(c1ccccc1C)C1CCOC1. The van der Waals surface area contributed by atoms with Crippen molar-refractivity contribution in [3.05, 3.63) is 35.4 Å². The van der Waals surface area contributed by atoms with Crippen LogP contribution in [0.1, 0.15) is 23.6 Å². The number of rotatable bonds is 3.